The average Bonchev–Trinajstić information content (AvgIpc) is 2.84. The minimum atomic E-state index is -1.01. The molecule has 0 aliphatic heterocycles. The highest BCUT2D eigenvalue weighted by Gasteiger charge is 2.15. The second-order valence-corrected chi connectivity index (χ2v) is 8.29. The normalized spacial score (nSPS) is 12.0. The van der Waals surface area contributed by atoms with Crippen LogP contribution in [0.3, 0.4) is 0 Å². The molecule has 0 saturated carbocycles. The summed E-state index contributed by atoms with van der Waals surface area (Å²) < 4.78 is 21.0. The molecule has 8 nitrogen and oxygen atoms in total. The maximum absolute atomic E-state index is 11.0. The van der Waals surface area contributed by atoms with Crippen LogP contribution in [0.15, 0.2) is 24.3 Å². The highest BCUT2D eigenvalue weighted by Crippen LogP contribution is 2.34. The van der Waals surface area contributed by atoms with E-state index in [1.807, 2.05) is 63.8 Å². The van der Waals surface area contributed by atoms with Crippen LogP contribution >= 0.6 is 0 Å². The van der Waals surface area contributed by atoms with Crippen LogP contribution < -0.4 is 9.47 Å². The summed E-state index contributed by atoms with van der Waals surface area (Å²) in [5.41, 5.74) is 5.44. The van der Waals surface area contributed by atoms with Crippen LogP contribution in [0.2, 0.25) is 0 Å². The number of carbonyl (C=O) groups is 2. The standard InChI is InChI=1S/C28H30O8/c1-7-25(31)33-13-23(29)15-35-27-17(3)9-21(10-18(27)4)22-11-19(5)28(20(6)12-22)36-16-24(30)14-34-26(32)8-2/h1-2,9-12,23-24,29-30H,13-16H2,3-6H3. The second-order valence-electron chi connectivity index (χ2n) is 8.29. The van der Waals surface area contributed by atoms with Crippen molar-refractivity contribution >= 4 is 11.9 Å². The topological polar surface area (TPSA) is 112 Å². The fourth-order valence-electron chi connectivity index (χ4n) is 3.57. The summed E-state index contributed by atoms with van der Waals surface area (Å²) in [4.78, 5) is 22.0. The monoisotopic (exact) mass is 494 g/mol. The fraction of sp³-hybridized carbons (Fsp3) is 0.357. The first-order valence-corrected chi connectivity index (χ1v) is 11.2. The van der Waals surface area contributed by atoms with Gasteiger partial charge in [0.15, 0.2) is 0 Å². The number of aryl methyl sites for hydroxylation is 4. The first kappa shape index (κ1) is 28.3. The minimum absolute atomic E-state index is 0.0586. The lowest BCUT2D eigenvalue weighted by Crippen LogP contribution is -2.25. The van der Waals surface area contributed by atoms with Gasteiger partial charge in [-0.3, -0.25) is 0 Å². The predicted octanol–water partition coefficient (Wildman–Crippen LogP) is 2.42. The number of aliphatic hydroxyl groups is 2. The highest BCUT2D eigenvalue weighted by atomic mass is 16.6. The molecule has 0 amide bonds. The van der Waals surface area contributed by atoms with E-state index in [-0.39, 0.29) is 26.4 Å². The molecule has 190 valence electrons. The minimum Gasteiger partial charge on any atom is -0.490 e. The van der Waals surface area contributed by atoms with E-state index in [2.05, 4.69) is 0 Å². The highest BCUT2D eigenvalue weighted by molar-refractivity contribution is 5.87. The number of hydrogen-bond donors (Lipinski definition) is 2. The lowest BCUT2D eigenvalue weighted by molar-refractivity contribution is -0.140. The third kappa shape index (κ3) is 8.06. The van der Waals surface area contributed by atoms with Gasteiger partial charge in [0.1, 0.15) is 50.1 Å². The zero-order valence-corrected chi connectivity index (χ0v) is 20.8. The Hall–Kier alpha value is -3.98. The Kier molecular flexibility index (Phi) is 10.4. The molecule has 0 bridgehead atoms. The van der Waals surface area contributed by atoms with Crippen LogP contribution in [0, 0.1) is 52.4 Å². The average molecular weight is 495 g/mol. The molecule has 0 aliphatic rings. The van der Waals surface area contributed by atoms with E-state index in [4.69, 9.17) is 31.8 Å². The lowest BCUT2D eigenvalue weighted by Gasteiger charge is -2.19. The Morgan fingerprint density at radius 2 is 1.00 bits per heavy atom. The number of benzene rings is 2. The van der Waals surface area contributed by atoms with Crippen molar-refractivity contribution in [2.45, 2.75) is 39.9 Å². The number of carbonyl (C=O) groups excluding carboxylic acids is 2. The van der Waals surface area contributed by atoms with Crippen molar-refractivity contribution in [1.29, 1.82) is 0 Å². The Morgan fingerprint density at radius 3 is 1.28 bits per heavy atom. The molecule has 2 aromatic carbocycles. The Labute approximate surface area is 211 Å². The Bertz CT molecular complexity index is 1050. The van der Waals surface area contributed by atoms with Gasteiger partial charge in [0, 0.05) is 11.8 Å². The van der Waals surface area contributed by atoms with Crippen molar-refractivity contribution in [2.75, 3.05) is 26.4 Å². The lowest BCUT2D eigenvalue weighted by atomic mass is 9.96. The van der Waals surface area contributed by atoms with E-state index >= 15 is 0 Å². The molecule has 2 unspecified atom stereocenters. The number of esters is 2. The molecule has 2 N–H and O–H groups in total. The van der Waals surface area contributed by atoms with Crippen molar-refractivity contribution in [3.05, 3.63) is 46.5 Å². The van der Waals surface area contributed by atoms with Gasteiger partial charge in [-0.15, -0.1) is 12.8 Å². The maximum atomic E-state index is 11.0. The number of terminal acetylenes is 2. The van der Waals surface area contributed by atoms with Crippen molar-refractivity contribution < 1.29 is 38.7 Å². The molecule has 36 heavy (non-hydrogen) atoms. The first-order valence-electron chi connectivity index (χ1n) is 11.2. The van der Waals surface area contributed by atoms with Crippen LogP contribution in [0.5, 0.6) is 11.5 Å². The summed E-state index contributed by atoms with van der Waals surface area (Å²) in [5.74, 6) is 3.22. The summed E-state index contributed by atoms with van der Waals surface area (Å²) in [6.45, 7) is 7.00. The van der Waals surface area contributed by atoms with Crippen molar-refractivity contribution in [3.8, 4) is 47.3 Å². The molecular weight excluding hydrogens is 464 g/mol. The van der Waals surface area contributed by atoms with Crippen LogP contribution in [0.4, 0.5) is 0 Å². The van der Waals surface area contributed by atoms with Gasteiger partial charge in [-0.1, -0.05) is 0 Å². The quantitative estimate of drug-likeness (QED) is 0.278. The van der Waals surface area contributed by atoms with E-state index in [1.54, 1.807) is 0 Å². The molecule has 2 aromatic rings. The van der Waals surface area contributed by atoms with E-state index in [9.17, 15) is 19.8 Å². The SMILES string of the molecule is C#CC(=O)OCC(O)COc1c(C)cc(-c2cc(C)c(OCC(O)COC(=O)C#C)c(C)c2)cc1C. The maximum Gasteiger partial charge on any atom is 0.384 e. The third-order valence-electron chi connectivity index (χ3n) is 5.14. The van der Waals surface area contributed by atoms with Crippen LogP contribution in [-0.4, -0.2) is 60.8 Å². The summed E-state index contributed by atoms with van der Waals surface area (Å²) in [6, 6.07) is 7.91. The van der Waals surface area contributed by atoms with Gasteiger partial charge in [0.05, 0.1) is 0 Å². The van der Waals surface area contributed by atoms with Gasteiger partial charge in [-0.2, -0.15) is 0 Å². The van der Waals surface area contributed by atoms with Crippen LogP contribution in [0.1, 0.15) is 22.3 Å². The van der Waals surface area contributed by atoms with Gasteiger partial charge in [-0.25, -0.2) is 9.59 Å². The molecule has 0 radical (unpaired) electrons. The van der Waals surface area contributed by atoms with Gasteiger partial charge >= 0.3 is 11.9 Å². The molecule has 0 aliphatic carbocycles. The number of rotatable bonds is 11. The largest absolute Gasteiger partial charge is 0.490 e. The van der Waals surface area contributed by atoms with E-state index in [0.29, 0.717) is 11.5 Å². The molecule has 8 heteroatoms. The smallest absolute Gasteiger partial charge is 0.384 e. The molecule has 0 fully saturated rings. The summed E-state index contributed by atoms with van der Waals surface area (Å²) in [7, 11) is 0. The number of hydrogen-bond acceptors (Lipinski definition) is 8. The van der Waals surface area contributed by atoms with Crippen LogP contribution in [-0.2, 0) is 19.1 Å². The Morgan fingerprint density at radius 1 is 0.694 bits per heavy atom. The molecule has 0 aromatic heterocycles. The molecule has 0 saturated heterocycles. The molecule has 2 atom stereocenters. The van der Waals surface area contributed by atoms with Gasteiger partial charge in [0.2, 0.25) is 0 Å². The number of ether oxygens (including phenoxy) is 4. The second kappa shape index (κ2) is 13.2. The molecule has 0 spiro atoms. The number of aliphatic hydroxyl groups excluding tert-OH is 2. The van der Waals surface area contributed by atoms with Crippen molar-refractivity contribution in [2.24, 2.45) is 0 Å². The van der Waals surface area contributed by atoms with Gasteiger partial charge in [-0.05, 0) is 85.3 Å². The van der Waals surface area contributed by atoms with E-state index in [0.717, 1.165) is 33.4 Å². The van der Waals surface area contributed by atoms with Gasteiger partial charge < -0.3 is 29.2 Å². The Balaban J connectivity index is 2.09. The summed E-state index contributed by atoms with van der Waals surface area (Å²) in [6.07, 6.45) is 7.83. The van der Waals surface area contributed by atoms with E-state index < -0.39 is 24.1 Å². The zero-order valence-electron chi connectivity index (χ0n) is 20.8. The fourth-order valence-corrected chi connectivity index (χ4v) is 3.57. The third-order valence-corrected chi connectivity index (χ3v) is 5.14. The summed E-state index contributed by atoms with van der Waals surface area (Å²) in [5, 5.41) is 19.9. The van der Waals surface area contributed by atoms with Crippen molar-refractivity contribution in [3.63, 3.8) is 0 Å². The molecule has 0 heterocycles. The van der Waals surface area contributed by atoms with E-state index in [1.165, 1.54) is 0 Å². The predicted molar refractivity (Wildman–Crippen MR) is 133 cm³/mol. The summed E-state index contributed by atoms with van der Waals surface area (Å²) >= 11 is 0. The molecule has 2 rings (SSSR count). The first-order chi connectivity index (χ1) is 17.0. The zero-order chi connectivity index (χ0) is 26.8. The van der Waals surface area contributed by atoms with Crippen molar-refractivity contribution in [1.82, 2.24) is 0 Å². The van der Waals surface area contributed by atoms with Crippen LogP contribution in [0.25, 0.3) is 11.1 Å². The van der Waals surface area contributed by atoms with Gasteiger partial charge in [0.25, 0.3) is 0 Å². The molecular formula is C28H30O8.